The Kier molecular flexibility index (Phi) is 4.34. The van der Waals surface area contributed by atoms with Crippen LogP contribution in [-0.4, -0.2) is 35.3 Å². The molecule has 0 fully saturated rings. The summed E-state index contributed by atoms with van der Waals surface area (Å²) in [5, 5.41) is 6.82. The summed E-state index contributed by atoms with van der Waals surface area (Å²) < 4.78 is 40.2. The Morgan fingerprint density at radius 2 is 1.96 bits per heavy atom. The van der Waals surface area contributed by atoms with Gasteiger partial charge in [-0.3, -0.25) is 4.68 Å². The van der Waals surface area contributed by atoms with E-state index in [2.05, 4.69) is 25.4 Å². The van der Waals surface area contributed by atoms with Crippen LogP contribution in [0.5, 0.6) is 0 Å². The topological polar surface area (TPSA) is 99.0 Å². The van der Waals surface area contributed by atoms with Crippen molar-refractivity contribution in [1.29, 1.82) is 0 Å². The zero-order chi connectivity index (χ0) is 19.7. The maximum absolute atomic E-state index is 12.5. The average Bonchev–Trinajstić information content (AvgIpc) is 3.28. The van der Waals surface area contributed by atoms with Crippen molar-refractivity contribution in [3.05, 3.63) is 54.9 Å². The molecule has 11 heteroatoms. The van der Waals surface area contributed by atoms with E-state index in [0.717, 1.165) is 15.9 Å². The minimum atomic E-state index is -4.35. The third kappa shape index (κ3) is 3.87. The van der Waals surface area contributed by atoms with Gasteiger partial charge in [0.15, 0.2) is 11.6 Å². The van der Waals surface area contributed by atoms with Crippen molar-refractivity contribution in [1.82, 2.24) is 29.1 Å². The van der Waals surface area contributed by atoms with Crippen molar-refractivity contribution in [2.75, 3.05) is 11.1 Å². The number of aromatic nitrogens is 6. The fourth-order valence-electron chi connectivity index (χ4n) is 2.69. The average molecular weight is 388 g/mol. The molecule has 4 aromatic rings. The third-order valence-electron chi connectivity index (χ3n) is 3.98. The SMILES string of the molecule is Nc1ncc(-c2cnn(CC(F)(F)F)c2)nc1NCc1ccc2nccn2c1. The first-order valence-corrected chi connectivity index (χ1v) is 8.25. The quantitative estimate of drug-likeness (QED) is 0.545. The summed E-state index contributed by atoms with van der Waals surface area (Å²) in [5.74, 6) is 0.530. The van der Waals surface area contributed by atoms with E-state index in [1.54, 1.807) is 6.20 Å². The molecule has 0 saturated carbocycles. The van der Waals surface area contributed by atoms with Crippen LogP contribution in [0.15, 0.2) is 49.3 Å². The molecule has 4 aromatic heterocycles. The second-order valence-electron chi connectivity index (χ2n) is 6.11. The van der Waals surface area contributed by atoms with Gasteiger partial charge in [-0.1, -0.05) is 6.07 Å². The number of nitrogens with zero attached hydrogens (tertiary/aromatic N) is 6. The highest BCUT2D eigenvalue weighted by Crippen LogP contribution is 2.23. The number of pyridine rings is 1. The summed E-state index contributed by atoms with van der Waals surface area (Å²) in [6.45, 7) is -0.735. The first-order chi connectivity index (χ1) is 13.4. The van der Waals surface area contributed by atoms with Gasteiger partial charge in [0.25, 0.3) is 0 Å². The molecule has 0 spiro atoms. The number of hydrogen-bond donors (Lipinski definition) is 2. The van der Waals surface area contributed by atoms with Crippen LogP contribution in [0.2, 0.25) is 0 Å². The largest absolute Gasteiger partial charge is 0.408 e. The molecule has 0 saturated heterocycles. The molecule has 0 atom stereocenters. The molecule has 28 heavy (non-hydrogen) atoms. The Labute approximate surface area is 156 Å². The number of anilines is 2. The first kappa shape index (κ1) is 17.8. The highest BCUT2D eigenvalue weighted by Gasteiger charge is 2.28. The smallest absolute Gasteiger partial charge is 0.381 e. The standard InChI is InChI=1S/C17H15F3N8/c18-17(19,20)10-28-9-12(6-25-28)13-7-23-15(21)16(26-13)24-5-11-1-2-14-22-3-4-27(14)8-11/h1-4,6-9H,5,10H2,(H2,21,23)(H,24,26). The number of nitrogens with one attached hydrogen (secondary N) is 1. The van der Waals surface area contributed by atoms with Crippen LogP contribution in [-0.2, 0) is 13.1 Å². The zero-order valence-corrected chi connectivity index (χ0v) is 14.4. The maximum atomic E-state index is 12.5. The summed E-state index contributed by atoms with van der Waals surface area (Å²) in [6.07, 6.45) is 5.09. The summed E-state index contributed by atoms with van der Waals surface area (Å²) >= 11 is 0. The third-order valence-corrected chi connectivity index (χ3v) is 3.98. The lowest BCUT2D eigenvalue weighted by molar-refractivity contribution is -0.142. The minimum absolute atomic E-state index is 0.190. The van der Waals surface area contributed by atoms with Crippen LogP contribution in [0.25, 0.3) is 16.9 Å². The number of fused-ring (bicyclic) bond motifs is 1. The highest BCUT2D eigenvalue weighted by molar-refractivity contribution is 5.64. The van der Waals surface area contributed by atoms with Gasteiger partial charge in [0, 0.05) is 36.9 Å². The van der Waals surface area contributed by atoms with Crippen LogP contribution in [0.4, 0.5) is 24.8 Å². The molecule has 4 heterocycles. The van der Waals surface area contributed by atoms with Crippen molar-refractivity contribution in [2.24, 2.45) is 0 Å². The monoisotopic (exact) mass is 388 g/mol. The van der Waals surface area contributed by atoms with Gasteiger partial charge in [0.2, 0.25) is 0 Å². The Morgan fingerprint density at radius 1 is 1.11 bits per heavy atom. The van der Waals surface area contributed by atoms with Crippen LogP contribution in [0.3, 0.4) is 0 Å². The van der Waals surface area contributed by atoms with E-state index < -0.39 is 12.7 Å². The van der Waals surface area contributed by atoms with E-state index in [4.69, 9.17) is 5.73 Å². The van der Waals surface area contributed by atoms with Gasteiger partial charge < -0.3 is 15.5 Å². The molecule has 0 radical (unpaired) electrons. The molecule has 3 N–H and O–H groups in total. The van der Waals surface area contributed by atoms with Crippen LogP contribution >= 0.6 is 0 Å². The van der Waals surface area contributed by atoms with Gasteiger partial charge in [0.1, 0.15) is 12.2 Å². The van der Waals surface area contributed by atoms with E-state index in [0.29, 0.717) is 23.6 Å². The van der Waals surface area contributed by atoms with Crippen molar-refractivity contribution in [2.45, 2.75) is 19.3 Å². The van der Waals surface area contributed by atoms with Crippen molar-refractivity contribution in [3.8, 4) is 11.3 Å². The van der Waals surface area contributed by atoms with Gasteiger partial charge in [-0.15, -0.1) is 0 Å². The Bertz CT molecular complexity index is 1110. The molecule has 0 aliphatic carbocycles. The van der Waals surface area contributed by atoms with Gasteiger partial charge in [0.05, 0.1) is 18.1 Å². The second-order valence-corrected chi connectivity index (χ2v) is 6.11. The van der Waals surface area contributed by atoms with Crippen LogP contribution in [0, 0.1) is 0 Å². The molecular weight excluding hydrogens is 373 g/mol. The summed E-state index contributed by atoms with van der Waals surface area (Å²) in [4.78, 5) is 12.6. The highest BCUT2D eigenvalue weighted by atomic mass is 19.4. The molecule has 0 bridgehead atoms. The van der Waals surface area contributed by atoms with E-state index >= 15 is 0 Å². The van der Waals surface area contributed by atoms with Crippen molar-refractivity contribution >= 4 is 17.3 Å². The Hall–Kier alpha value is -3.63. The fourth-order valence-corrected chi connectivity index (χ4v) is 2.69. The second kappa shape index (κ2) is 6.83. The van der Waals surface area contributed by atoms with E-state index in [1.165, 1.54) is 18.6 Å². The summed E-state index contributed by atoms with van der Waals surface area (Å²) in [6, 6.07) is 3.81. The molecule has 0 amide bonds. The van der Waals surface area contributed by atoms with Crippen molar-refractivity contribution < 1.29 is 13.2 Å². The summed E-state index contributed by atoms with van der Waals surface area (Å²) in [5.41, 5.74) is 8.46. The lowest BCUT2D eigenvalue weighted by Gasteiger charge is -2.09. The molecule has 0 unspecified atom stereocenters. The fraction of sp³-hybridized carbons (Fsp3) is 0.176. The number of hydrogen-bond acceptors (Lipinski definition) is 6. The van der Waals surface area contributed by atoms with E-state index in [-0.39, 0.29) is 5.82 Å². The van der Waals surface area contributed by atoms with Crippen LogP contribution in [0.1, 0.15) is 5.56 Å². The molecule has 4 rings (SSSR count). The molecule has 144 valence electrons. The predicted octanol–water partition coefficient (Wildman–Crippen LogP) is 2.74. The number of alkyl halides is 3. The van der Waals surface area contributed by atoms with Gasteiger partial charge in [-0.05, 0) is 11.6 Å². The Balaban J connectivity index is 1.52. The van der Waals surface area contributed by atoms with Crippen LogP contribution < -0.4 is 11.1 Å². The number of nitrogen functional groups attached to an aromatic ring is 1. The van der Waals surface area contributed by atoms with Crippen molar-refractivity contribution in [3.63, 3.8) is 0 Å². The molecule has 0 aliphatic heterocycles. The minimum Gasteiger partial charge on any atom is -0.381 e. The van der Waals surface area contributed by atoms with Gasteiger partial charge in [-0.2, -0.15) is 18.3 Å². The molecule has 8 nitrogen and oxygen atoms in total. The number of halogens is 3. The predicted molar refractivity (Wildman–Crippen MR) is 96.2 cm³/mol. The Morgan fingerprint density at radius 3 is 2.79 bits per heavy atom. The molecule has 0 aliphatic rings. The number of nitrogens with two attached hydrogens (primary N) is 1. The number of imidazole rings is 1. The zero-order valence-electron chi connectivity index (χ0n) is 14.4. The maximum Gasteiger partial charge on any atom is 0.408 e. The molecular formula is C17H15F3N8. The normalized spacial score (nSPS) is 11.8. The first-order valence-electron chi connectivity index (χ1n) is 8.25. The van der Waals surface area contributed by atoms with Gasteiger partial charge in [-0.25, -0.2) is 15.0 Å². The lowest BCUT2D eigenvalue weighted by Crippen LogP contribution is -2.17. The molecule has 0 aromatic carbocycles. The number of rotatable bonds is 5. The lowest BCUT2D eigenvalue weighted by atomic mass is 10.2. The summed E-state index contributed by atoms with van der Waals surface area (Å²) in [7, 11) is 0. The van der Waals surface area contributed by atoms with Gasteiger partial charge >= 0.3 is 6.18 Å². The van der Waals surface area contributed by atoms with E-state index in [1.807, 2.05) is 28.9 Å². The van der Waals surface area contributed by atoms with E-state index in [9.17, 15) is 13.2 Å².